The summed E-state index contributed by atoms with van der Waals surface area (Å²) in [5, 5.41) is 9.38. The second kappa shape index (κ2) is 4.44. The summed E-state index contributed by atoms with van der Waals surface area (Å²) in [6, 6.07) is 0.234. The summed E-state index contributed by atoms with van der Waals surface area (Å²) in [4.78, 5) is 11.7. The van der Waals surface area contributed by atoms with Crippen molar-refractivity contribution in [1.29, 1.82) is 0 Å². The summed E-state index contributed by atoms with van der Waals surface area (Å²) >= 11 is 0. The minimum atomic E-state index is -0.0610. The highest BCUT2D eigenvalue weighted by atomic mass is 16.1. The van der Waals surface area contributed by atoms with Gasteiger partial charge in [-0.15, -0.1) is 0 Å². The maximum Gasteiger partial charge on any atom is 0.254 e. The van der Waals surface area contributed by atoms with E-state index in [1.54, 1.807) is 6.20 Å². The van der Waals surface area contributed by atoms with Crippen molar-refractivity contribution in [2.45, 2.75) is 25.3 Å². The normalized spacial score (nSPS) is 25.4. The van der Waals surface area contributed by atoms with E-state index in [0.717, 1.165) is 19.3 Å². The molecule has 0 aliphatic heterocycles. The number of hydrogen-bond donors (Lipinski definition) is 3. The van der Waals surface area contributed by atoms with E-state index in [9.17, 15) is 4.79 Å². The van der Waals surface area contributed by atoms with Crippen LogP contribution in [0.15, 0.2) is 12.4 Å². The molecule has 1 aliphatic carbocycles. The maximum absolute atomic E-state index is 11.7. The van der Waals surface area contributed by atoms with Crippen molar-refractivity contribution in [2.24, 2.45) is 11.7 Å². The van der Waals surface area contributed by atoms with Gasteiger partial charge in [-0.2, -0.15) is 5.10 Å². The Hall–Kier alpha value is -1.36. The van der Waals surface area contributed by atoms with Crippen LogP contribution >= 0.6 is 0 Å². The molecule has 1 saturated carbocycles. The van der Waals surface area contributed by atoms with E-state index in [-0.39, 0.29) is 11.9 Å². The summed E-state index contributed by atoms with van der Waals surface area (Å²) in [6.07, 6.45) is 6.43. The molecule has 15 heavy (non-hydrogen) atoms. The fraction of sp³-hybridized carbons (Fsp3) is 0.600. The molecule has 0 saturated heterocycles. The molecule has 2 atom stereocenters. The number of aromatic amines is 1. The Bertz CT molecular complexity index is 322. The average Bonchev–Trinajstić information content (AvgIpc) is 2.87. The van der Waals surface area contributed by atoms with Crippen LogP contribution in [0, 0.1) is 5.92 Å². The number of rotatable bonds is 3. The highest BCUT2D eigenvalue weighted by Crippen LogP contribution is 2.24. The lowest BCUT2D eigenvalue weighted by Gasteiger charge is -2.18. The van der Waals surface area contributed by atoms with Crippen LogP contribution < -0.4 is 11.1 Å². The number of amides is 1. The first-order valence-electron chi connectivity index (χ1n) is 5.31. The van der Waals surface area contributed by atoms with Gasteiger partial charge in [-0.25, -0.2) is 0 Å². The highest BCUT2D eigenvalue weighted by Gasteiger charge is 2.27. The summed E-state index contributed by atoms with van der Waals surface area (Å²) < 4.78 is 0. The SMILES string of the molecule is NCC1CCCC1NC(=O)c1cn[nH]c1. The van der Waals surface area contributed by atoms with E-state index in [4.69, 9.17) is 5.73 Å². The van der Waals surface area contributed by atoms with E-state index in [1.165, 1.54) is 6.20 Å². The van der Waals surface area contributed by atoms with Crippen LogP contribution in [0.5, 0.6) is 0 Å². The molecule has 0 spiro atoms. The second-order valence-electron chi connectivity index (χ2n) is 3.99. The second-order valence-corrected chi connectivity index (χ2v) is 3.99. The largest absolute Gasteiger partial charge is 0.349 e. The maximum atomic E-state index is 11.7. The van der Waals surface area contributed by atoms with Gasteiger partial charge < -0.3 is 11.1 Å². The van der Waals surface area contributed by atoms with Crippen molar-refractivity contribution < 1.29 is 4.79 Å². The minimum Gasteiger partial charge on any atom is -0.349 e. The number of carbonyl (C=O) groups is 1. The molecule has 0 radical (unpaired) electrons. The summed E-state index contributed by atoms with van der Waals surface area (Å²) in [5.74, 6) is 0.370. The predicted octanol–water partition coefficient (Wildman–Crippen LogP) is 0.267. The number of carbonyl (C=O) groups excluding carboxylic acids is 1. The number of hydrogen-bond acceptors (Lipinski definition) is 3. The van der Waals surface area contributed by atoms with Crippen LogP contribution in [0.1, 0.15) is 29.6 Å². The molecule has 2 rings (SSSR count). The zero-order valence-electron chi connectivity index (χ0n) is 8.57. The Morgan fingerprint density at radius 1 is 1.67 bits per heavy atom. The van der Waals surface area contributed by atoms with Crippen molar-refractivity contribution >= 4 is 5.91 Å². The Morgan fingerprint density at radius 2 is 2.53 bits per heavy atom. The third kappa shape index (κ3) is 2.18. The quantitative estimate of drug-likeness (QED) is 0.666. The van der Waals surface area contributed by atoms with Gasteiger partial charge in [0.1, 0.15) is 0 Å². The number of nitrogens with one attached hydrogen (secondary N) is 2. The van der Waals surface area contributed by atoms with Crippen molar-refractivity contribution in [3.8, 4) is 0 Å². The van der Waals surface area contributed by atoms with Crippen LogP contribution in [0.4, 0.5) is 0 Å². The highest BCUT2D eigenvalue weighted by molar-refractivity contribution is 5.93. The summed E-state index contributed by atoms with van der Waals surface area (Å²) in [5.41, 5.74) is 6.23. The Morgan fingerprint density at radius 3 is 3.20 bits per heavy atom. The zero-order valence-corrected chi connectivity index (χ0v) is 8.57. The smallest absolute Gasteiger partial charge is 0.254 e. The third-order valence-corrected chi connectivity index (χ3v) is 3.04. The minimum absolute atomic E-state index is 0.0610. The van der Waals surface area contributed by atoms with Crippen molar-refractivity contribution in [3.63, 3.8) is 0 Å². The molecule has 1 amide bonds. The van der Waals surface area contributed by atoms with E-state index in [0.29, 0.717) is 18.0 Å². The van der Waals surface area contributed by atoms with Crippen LogP contribution in [-0.2, 0) is 0 Å². The monoisotopic (exact) mass is 208 g/mol. The molecule has 2 unspecified atom stereocenters. The lowest BCUT2D eigenvalue weighted by Crippen LogP contribution is -2.39. The molecule has 1 aliphatic rings. The van der Waals surface area contributed by atoms with Crippen molar-refractivity contribution in [2.75, 3.05) is 6.54 Å². The molecule has 4 N–H and O–H groups in total. The van der Waals surface area contributed by atoms with E-state index in [2.05, 4.69) is 15.5 Å². The first-order chi connectivity index (χ1) is 7.31. The molecule has 5 nitrogen and oxygen atoms in total. The molecular formula is C10H16N4O. The van der Waals surface area contributed by atoms with E-state index >= 15 is 0 Å². The van der Waals surface area contributed by atoms with Crippen LogP contribution in [0.25, 0.3) is 0 Å². The lowest BCUT2D eigenvalue weighted by atomic mass is 10.0. The van der Waals surface area contributed by atoms with Gasteiger partial charge in [-0.05, 0) is 25.3 Å². The first-order valence-corrected chi connectivity index (χ1v) is 5.31. The van der Waals surface area contributed by atoms with Gasteiger partial charge in [0.2, 0.25) is 0 Å². The standard InChI is InChI=1S/C10H16N4O/c11-4-7-2-1-3-9(7)14-10(15)8-5-12-13-6-8/h5-7,9H,1-4,11H2,(H,12,13)(H,14,15). The summed E-state index contributed by atoms with van der Waals surface area (Å²) in [7, 11) is 0. The first kappa shape index (κ1) is 10.2. The van der Waals surface area contributed by atoms with Gasteiger partial charge in [-0.3, -0.25) is 9.89 Å². The number of nitrogens with zero attached hydrogens (tertiary/aromatic N) is 1. The molecule has 1 heterocycles. The fourth-order valence-corrected chi connectivity index (χ4v) is 2.14. The van der Waals surface area contributed by atoms with Gasteiger partial charge in [0, 0.05) is 12.2 Å². The molecule has 0 bridgehead atoms. The van der Waals surface area contributed by atoms with Crippen molar-refractivity contribution in [3.05, 3.63) is 18.0 Å². The van der Waals surface area contributed by atoms with Crippen molar-refractivity contribution in [1.82, 2.24) is 15.5 Å². The Labute approximate surface area is 88.4 Å². The van der Waals surface area contributed by atoms with E-state index < -0.39 is 0 Å². The molecule has 1 fully saturated rings. The van der Waals surface area contributed by atoms with E-state index in [1.807, 2.05) is 0 Å². The lowest BCUT2D eigenvalue weighted by molar-refractivity contribution is 0.0929. The van der Waals surface area contributed by atoms with Crippen LogP contribution in [0.3, 0.4) is 0 Å². The molecule has 0 aromatic carbocycles. The topological polar surface area (TPSA) is 83.8 Å². The Kier molecular flexibility index (Phi) is 3.01. The van der Waals surface area contributed by atoms with Gasteiger partial charge in [0.05, 0.1) is 11.8 Å². The predicted molar refractivity (Wildman–Crippen MR) is 56.2 cm³/mol. The molecule has 1 aromatic rings. The van der Waals surface area contributed by atoms with Gasteiger partial charge in [0.15, 0.2) is 0 Å². The fourth-order valence-electron chi connectivity index (χ4n) is 2.14. The molecule has 5 heteroatoms. The molecule has 1 aromatic heterocycles. The number of H-pyrrole nitrogens is 1. The van der Waals surface area contributed by atoms with Gasteiger partial charge in [0.25, 0.3) is 5.91 Å². The third-order valence-electron chi connectivity index (χ3n) is 3.04. The van der Waals surface area contributed by atoms with Gasteiger partial charge in [-0.1, -0.05) is 6.42 Å². The zero-order chi connectivity index (χ0) is 10.7. The molecular weight excluding hydrogens is 192 g/mol. The number of aromatic nitrogens is 2. The van der Waals surface area contributed by atoms with Gasteiger partial charge >= 0.3 is 0 Å². The average molecular weight is 208 g/mol. The Balaban J connectivity index is 1.94. The van der Waals surface area contributed by atoms with Crippen LogP contribution in [0.2, 0.25) is 0 Å². The number of nitrogens with two attached hydrogens (primary N) is 1. The van der Waals surface area contributed by atoms with Crippen LogP contribution in [-0.4, -0.2) is 28.7 Å². The molecule has 82 valence electrons. The summed E-state index contributed by atoms with van der Waals surface area (Å²) in [6.45, 7) is 0.649.